The quantitative estimate of drug-likeness (QED) is 0.702. The summed E-state index contributed by atoms with van der Waals surface area (Å²) in [5, 5.41) is 12.2. The third-order valence-corrected chi connectivity index (χ3v) is 3.30. The average Bonchev–Trinajstić information content (AvgIpc) is 2.87. The van der Waals surface area contributed by atoms with Crippen molar-refractivity contribution in [2.75, 3.05) is 17.6 Å². The molecule has 0 aliphatic carbocycles. The Balaban J connectivity index is 1.75. The summed E-state index contributed by atoms with van der Waals surface area (Å²) in [5.41, 5.74) is 8.73. The van der Waals surface area contributed by atoms with Crippen LogP contribution in [0.25, 0.3) is 10.9 Å². The Morgan fingerprint density at radius 1 is 1.30 bits per heavy atom. The van der Waals surface area contributed by atoms with E-state index in [9.17, 15) is 0 Å². The van der Waals surface area contributed by atoms with Crippen LogP contribution in [0.3, 0.4) is 0 Å². The van der Waals surface area contributed by atoms with Gasteiger partial charge >= 0.3 is 0 Å². The van der Waals surface area contributed by atoms with E-state index >= 15 is 0 Å². The number of nitrogens with two attached hydrogens (primary N) is 1. The van der Waals surface area contributed by atoms with E-state index in [4.69, 9.17) is 5.73 Å². The first-order valence-corrected chi connectivity index (χ1v) is 6.45. The van der Waals surface area contributed by atoms with Gasteiger partial charge in [-0.3, -0.25) is 4.98 Å². The molecular formula is C14H16N6. The van der Waals surface area contributed by atoms with E-state index in [-0.39, 0.29) is 0 Å². The molecule has 0 bridgehead atoms. The molecule has 0 amide bonds. The van der Waals surface area contributed by atoms with Gasteiger partial charge in [0.15, 0.2) is 0 Å². The summed E-state index contributed by atoms with van der Waals surface area (Å²) in [4.78, 5) is 4.29. The Morgan fingerprint density at radius 3 is 3.00 bits per heavy atom. The molecule has 102 valence electrons. The van der Waals surface area contributed by atoms with Crippen LogP contribution in [0, 0.1) is 0 Å². The van der Waals surface area contributed by atoms with Crippen LogP contribution < -0.4 is 11.1 Å². The lowest BCUT2D eigenvalue weighted by Crippen LogP contribution is -2.10. The standard InChI is InChI=1S/C14H16N6/c1-20-9-18-19-13(20)6-8-17-12-5-4-11-10(14(12)15)3-2-7-16-11/h2-5,7,9,17H,6,8,15H2,1H3. The highest BCUT2D eigenvalue weighted by molar-refractivity contribution is 5.96. The number of nitrogen functional groups attached to an aromatic ring is 1. The molecule has 2 aromatic heterocycles. The third kappa shape index (κ3) is 2.27. The van der Waals surface area contributed by atoms with Crippen LogP contribution in [0.1, 0.15) is 5.82 Å². The van der Waals surface area contributed by atoms with E-state index in [2.05, 4.69) is 20.5 Å². The van der Waals surface area contributed by atoms with Crippen molar-refractivity contribution in [2.24, 2.45) is 7.05 Å². The van der Waals surface area contributed by atoms with Crippen LogP contribution >= 0.6 is 0 Å². The maximum atomic E-state index is 6.17. The lowest BCUT2D eigenvalue weighted by molar-refractivity contribution is 0.788. The second-order valence-electron chi connectivity index (χ2n) is 4.63. The molecule has 0 aliphatic rings. The highest BCUT2D eigenvalue weighted by Crippen LogP contribution is 2.27. The van der Waals surface area contributed by atoms with Crippen molar-refractivity contribution in [1.82, 2.24) is 19.7 Å². The lowest BCUT2D eigenvalue weighted by Gasteiger charge is -2.11. The number of aryl methyl sites for hydroxylation is 1. The van der Waals surface area contributed by atoms with Crippen LogP contribution in [0.5, 0.6) is 0 Å². The molecule has 0 atom stereocenters. The molecule has 0 saturated heterocycles. The molecule has 3 rings (SSSR count). The number of fused-ring (bicyclic) bond motifs is 1. The summed E-state index contributed by atoms with van der Waals surface area (Å²) in [6.45, 7) is 0.752. The van der Waals surface area contributed by atoms with Gasteiger partial charge in [-0.15, -0.1) is 10.2 Å². The number of nitrogens with one attached hydrogen (secondary N) is 1. The smallest absolute Gasteiger partial charge is 0.134 e. The summed E-state index contributed by atoms with van der Waals surface area (Å²) < 4.78 is 1.91. The first-order valence-electron chi connectivity index (χ1n) is 6.45. The molecule has 20 heavy (non-hydrogen) atoms. The van der Waals surface area contributed by atoms with Gasteiger partial charge in [-0.05, 0) is 24.3 Å². The SMILES string of the molecule is Cn1cnnc1CCNc1ccc2ncccc2c1N. The Hall–Kier alpha value is -2.63. The molecule has 3 aromatic rings. The van der Waals surface area contributed by atoms with Crippen LogP contribution in [-0.2, 0) is 13.5 Å². The van der Waals surface area contributed by atoms with Gasteiger partial charge in [0, 0.05) is 31.6 Å². The van der Waals surface area contributed by atoms with Crippen LogP contribution in [-0.4, -0.2) is 26.3 Å². The van der Waals surface area contributed by atoms with Crippen molar-refractivity contribution < 1.29 is 0 Å². The summed E-state index contributed by atoms with van der Waals surface area (Å²) >= 11 is 0. The Morgan fingerprint density at radius 2 is 2.20 bits per heavy atom. The fraction of sp³-hybridized carbons (Fsp3) is 0.214. The normalized spacial score (nSPS) is 10.8. The molecule has 2 heterocycles. The maximum Gasteiger partial charge on any atom is 0.134 e. The molecule has 6 nitrogen and oxygen atoms in total. The van der Waals surface area contributed by atoms with E-state index in [0.29, 0.717) is 0 Å². The summed E-state index contributed by atoms with van der Waals surface area (Å²) in [6, 6.07) is 7.80. The third-order valence-electron chi connectivity index (χ3n) is 3.30. The monoisotopic (exact) mass is 268 g/mol. The molecule has 6 heteroatoms. The minimum atomic E-state index is 0.730. The number of hydrogen-bond donors (Lipinski definition) is 2. The Labute approximate surface area is 116 Å². The zero-order valence-corrected chi connectivity index (χ0v) is 11.2. The van der Waals surface area contributed by atoms with Crippen molar-refractivity contribution >= 4 is 22.3 Å². The zero-order chi connectivity index (χ0) is 13.9. The van der Waals surface area contributed by atoms with Gasteiger partial charge in [0.25, 0.3) is 0 Å². The fourth-order valence-electron chi connectivity index (χ4n) is 2.17. The number of pyridine rings is 1. The molecule has 0 spiro atoms. The van der Waals surface area contributed by atoms with Gasteiger partial charge in [-0.1, -0.05) is 0 Å². The largest absolute Gasteiger partial charge is 0.397 e. The van der Waals surface area contributed by atoms with Crippen molar-refractivity contribution in [3.63, 3.8) is 0 Å². The molecular weight excluding hydrogens is 252 g/mol. The minimum absolute atomic E-state index is 0.730. The second-order valence-corrected chi connectivity index (χ2v) is 4.63. The number of nitrogens with zero attached hydrogens (tertiary/aromatic N) is 4. The van der Waals surface area contributed by atoms with Gasteiger partial charge in [-0.25, -0.2) is 0 Å². The Bertz CT molecular complexity index is 733. The van der Waals surface area contributed by atoms with Crippen LogP contribution in [0.4, 0.5) is 11.4 Å². The molecule has 0 radical (unpaired) electrons. The summed E-state index contributed by atoms with van der Waals surface area (Å²) in [5.74, 6) is 0.943. The van der Waals surface area contributed by atoms with Crippen molar-refractivity contribution in [3.8, 4) is 0 Å². The highest BCUT2D eigenvalue weighted by atomic mass is 15.2. The number of aromatic nitrogens is 4. The lowest BCUT2D eigenvalue weighted by atomic mass is 10.1. The molecule has 0 saturated carbocycles. The number of anilines is 2. The molecule has 0 fully saturated rings. The van der Waals surface area contributed by atoms with Crippen molar-refractivity contribution in [3.05, 3.63) is 42.6 Å². The topological polar surface area (TPSA) is 81.7 Å². The first-order chi connectivity index (χ1) is 9.75. The van der Waals surface area contributed by atoms with E-state index < -0.39 is 0 Å². The van der Waals surface area contributed by atoms with Crippen molar-refractivity contribution in [1.29, 1.82) is 0 Å². The van der Waals surface area contributed by atoms with Crippen LogP contribution in [0.2, 0.25) is 0 Å². The van der Waals surface area contributed by atoms with Crippen LogP contribution in [0.15, 0.2) is 36.8 Å². The van der Waals surface area contributed by atoms with Gasteiger partial charge in [-0.2, -0.15) is 0 Å². The Kier molecular flexibility index (Phi) is 3.20. The highest BCUT2D eigenvalue weighted by Gasteiger charge is 2.05. The second kappa shape index (κ2) is 5.16. The number of hydrogen-bond acceptors (Lipinski definition) is 5. The fourth-order valence-corrected chi connectivity index (χ4v) is 2.17. The predicted octanol–water partition coefficient (Wildman–Crippen LogP) is 1.60. The maximum absolute atomic E-state index is 6.17. The average molecular weight is 268 g/mol. The van der Waals surface area contributed by atoms with E-state index in [1.54, 1.807) is 12.5 Å². The molecule has 1 aromatic carbocycles. The van der Waals surface area contributed by atoms with E-state index in [1.807, 2.05) is 35.9 Å². The molecule has 3 N–H and O–H groups in total. The van der Waals surface area contributed by atoms with Gasteiger partial charge in [0.2, 0.25) is 0 Å². The van der Waals surface area contributed by atoms with Crippen molar-refractivity contribution in [2.45, 2.75) is 6.42 Å². The number of rotatable bonds is 4. The van der Waals surface area contributed by atoms with Gasteiger partial charge < -0.3 is 15.6 Å². The molecule has 0 unspecified atom stereocenters. The minimum Gasteiger partial charge on any atom is -0.397 e. The number of benzene rings is 1. The predicted molar refractivity (Wildman–Crippen MR) is 79.4 cm³/mol. The first kappa shape index (κ1) is 12.4. The summed E-state index contributed by atoms with van der Waals surface area (Å²) in [7, 11) is 1.94. The molecule has 0 aliphatic heterocycles. The summed E-state index contributed by atoms with van der Waals surface area (Å²) in [6.07, 6.45) is 4.26. The zero-order valence-electron chi connectivity index (χ0n) is 11.2. The van der Waals surface area contributed by atoms with E-state index in [1.165, 1.54) is 0 Å². The van der Waals surface area contributed by atoms with E-state index in [0.717, 1.165) is 41.1 Å². The van der Waals surface area contributed by atoms with Gasteiger partial charge in [0.1, 0.15) is 12.2 Å². The van der Waals surface area contributed by atoms with Gasteiger partial charge in [0.05, 0.1) is 16.9 Å².